The largest absolute Gasteiger partial charge is 0.323 e. The Bertz CT molecular complexity index is 1010. The van der Waals surface area contributed by atoms with Crippen LogP contribution >= 0.6 is 0 Å². The third-order valence-corrected chi connectivity index (χ3v) is 5.04. The predicted octanol–water partition coefficient (Wildman–Crippen LogP) is 3.26. The van der Waals surface area contributed by atoms with Crippen molar-refractivity contribution < 1.29 is 9.59 Å². The molecule has 3 aromatic rings. The van der Waals surface area contributed by atoms with Crippen LogP contribution in [0.2, 0.25) is 0 Å². The number of aromatic amines is 1. The van der Waals surface area contributed by atoms with Gasteiger partial charge in [-0.3, -0.25) is 14.7 Å². The molecule has 142 valence electrons. The minimum atomic E-state index is -0.220. The van der Waals surface area contributed by atoms with E-state index in [0.717, 1.165) is 22.5 Å². The first-order chi connectivity index (χ1) is 13.5. The Labute approximate surface area is 163 Å². The van der Waals surface area contributed by atoms with Gasteiger partial charge in [0, 0.05) is 24.0 Å². The number of nitrogens with one attached hydrogen (secondary N) is 1. The van der Waals surface area contributed by atoms with Gasteiger partial charge in [0.25, 0.3) is 5.91 Å². The van der Waals surface area contributed by atoms with Gasteiger partial charge in [-0.15, -0.1) is 0 Å². The normalized spacial score (nSPS) is 17.1. The standard InChI is InChI=1S/C22H22N4O2/c1-15-11-20(24-23-15)22(28)25-14-21(27)26(13-16(25)2)19-10-6-9-18(12-19)17-7-4-3-5-8-17/h3-12,16H,13-14H2,1-2H3,(H,23,24)/t16-/m0/s1. The summed E-state index contributed by atoms with van der Waals surface area (Å²) in [6, 6.07) is 19.6. The van der Waals surface area contributed by atoms with Gasteiger partial charge in [-0.25, -0.2) is 0 Å². The van der Waals surface area contributed by atoms with Crippen molar-refractivity contribution in [3.8, 4) is 11.1 Å². The van der Waals surface area contributed by atoms with Crippen molar-refractivity contribution in [3.05, 3.63) is 72.1 Å². The summed E-state index contributed by atoms with van der Waals surface area (Å²) in [6.45, 7) is 4.29. The van der Waals surface area contributed by atoms with E-state index in [2.05, 4.69) is 10.2 Å². The number of carbonyl (C=O) groups is 2. The molecule has 28 heavy (non-hydrogen) atoms. The molecule has 2 heterocycles. The number of hydrogen-bond acceptors (Lipinski definition) is 3. The summed E-state index contributed by atoms with van der Waals surface area (Å²) >= 11 is 0. The number of aryl methyl sites for hydroxylation is 1. The fourth-order valence-corrected chi connectivity index (χ4v) is 3.53. The van der Waals surface area contributed by atoms with Gasteiger partial charge in [-0.2, -0.15) is 5.10 Å². The summed E-state index contributed by atoms with van der Waals surface area (Å²) in [5, 5.41) is 6.81. The Balaban J connectivity index is 1.55. The van der Waals surface area contributed by atoms with Crippen LogP contribution in [0.1, 0.15) is 23.1 Å². The van der Waals surface area contributed by atoms with Crippen molar-refractivity contribution in [3.63, 3.8) is 0 Å². The summed E-state index contributed by atoms with van der Waals surface area (Å²) in [5.74, 6) is -0.313. The highest BCUT2D eigenvalue weighted by Crippen LogP contribution is 2.27. The average Bonchev–Trinajstić information content (AvgIpc) is 3.16. The number of carbonyl (C=O) groups excluding carboxylic acids is 2. The van der Waals surface area contributed by atoms with Crippen LogP contribution in [-0.2, 0) is 4.79 Å². The lowest BCUT2D eigenvalue weighted by Crippen LogP contribution is -2.57. The number of amides is 2. The van der Waals surface area contributed by atoms with E-state index in [-0.39, 0.29) is 24.4 Å². The number of piperazine rings is 1. The van der Waals surface area contributed by atoms with E-state index in [0.29, 0.717) is 12.2 Å². The summed E-state index contributed by atoms with van der Waals surface area (Å²) in [5.41, 5.74) is 4.17. The van der Waals surface area contributed by atoms with Crippen molar-refractivity contribution in [2.45, 2.75) is 19.9 Å². The van der Waals surface area contributed by atoms with Gasteiger partial charge in [0.15, 0.2) is 0 Å². The first kappa shape index (κ1) is 18.0. The van der Waals surface area contributed by atoms with Crippen LogP contribution in [0, 0.1) is 6.92 Å². The highest BCUT2D eigenvalue weighted by atomic mass is 16.2. The van der Waals surface area contributed by atoms with Gasteiger partial charge in [0.2, 0.25) is 5.91 Å². The lowest BCUT2D eigenvalue weighted by Gasteiger charge is -2.39. The van der Waals surface area contributed by atoms with Gasteiger partial charge in [-0.05, 0) is 43.2 Å². The van der Waals surface area contributed by atoms with Gasteiger partial charge in [0.05, 0.1) is 0 Å². The molecule has 0 radical (unpaired) electrons. The third kappa shape index (κ3) is 3.41. The highest BCUT2D eigenvalue weighted by molar-refractivity contribution is 6.01. The zero-order valence-corrected chi connectivity index (χ0v) is 15.9. The second-order valence-corrected chi connectivity index (χ2v) is 7.14. The summed E-state index contributed by atoms with van der Waals surface area (Å²) in [6.07, 6.45) is 0. The van der Waals surface area contributed by atoms with Crippen LogP contribution in [0.15, 0.2) is 60.7 Å². The van der Waals surface area contributed by atoms with Crippen molar-refractivity contribution in [1.82, 2.24) is 15.1 Å². The fraction of sp³-hybridized carbons (Fsp3) is 0.227. The van der Waals surface area contributed by atoms with Crippen LogP contribution < -0.4 is 4.90 Å². The number of H-pyrrole nitrogens is 1. The molecule has 0 spiro atoms. The Morgan fingerprint density at radius 3 is 2.54 bits per heavy atom. The maximum absolute atomic E-state index is 12.8. The zero-order valence-electron chi connectivity index (χ0n) is 15.9. The number of aromatic nitrogens is 2. The average molecular weight is 374 g/mol. The third-order valence-electron chi connectivity index (χ3n) is 5.04. The molecule has 1 aliphatic rings. The van der Waals surface area contributed by atoms with Crippen LogP contribution in [0.25, 0.3) is 11.1 Å². The number of benzene rings is 2. The summed E-state index contributed by atoms with van der Waals surface area (Å²) < 4.78 is 0. The Hall–Kier alpha value is -3.41. The lowest BCUT2D eigenvalue weighted by molar-refractivity contribution is -0.121. The molecule has 1 aliphatic heterocycles. The molecule has 1 aromatic heterocycles. The molecule has 0 unspecified atom stereocenters. The van der Waals surface area contributed by atoms with Crippen molar-refractivity contribution >= 4 is 17.5 Å². The van der Waals surface area contributed by atoms with Gasteiger partial charge in [-0.1, -0.05) is 42.5 Å². The van der Waals surface area contributed by atoms with E-state index in [1.54, 1.807) is 15.9 Å². The second kappa shape index (κ2) is 7.31. The molecular formula is C22H22N4O2. The molecule has 0 bridgehead atoms. The van der Waals surface area contributed by atoms with Crippen LogP contribution in [0.5, 0.6) is 0 Å². The molecule has 4 rings (SSSR count). The maximum Gasteiger partial charge on any atom is 0.275 e. The number of anilines is 1. The molecule has 1 atom stereocenters. The molecular weight excluding hydrogens is 352 g/mol. The molecule has 6 nitrogen and oxygen atoms in total. The highest BCUT2D eigenvalue weighted by Gasteiger charge is 2.34. The molecule has 0 aliphatic carbocycles. The van der Waals surface area contributed by atoms with Gasteiger partial charge >= 0.3 is 0 Å². The van der Waals surface area contributed by atoms with Gasteiger partial charge in [0.1, 0.15) is 12.2 Å². The van der Waals surface area contributed by atoms with Crippen molar-refractivity contribution in [2.75, 3.05) is 18.0 Å². The van der Waals surface area contributed by atoms with E-state index in [1.807, 2.05) is 68.4 Å². The molecule has 1 N–H and O–H groups in total. The minimum absolute atomic E-state index is 0.0431. The zero-order chi connectivity index (χ0) is 19.7. The topological polar surface area (TPSA) is 69.3 Å². The number of hydrogen-bond donors (Lipinski definition) is 1. The monoisotopic (exact) mass is 374 g/mol. The SMILES string of the molecule is Cc1cc(C(=O)N2CC(=O)N(c3cccc(-c4ccccc4)c3)C[C@@H]2C)n[nH]1. The molecule has 2 aromatic carbocycles. The quantitative estimate of drug-likeness (QED) is 0.765. The van der Waals surface area contributed by atoms with E-state index in [1.165, 1.54) is 0 Å². The van der Waals surface area contributed by atoms with E-state index in [4.69, 9.17) is 0 Å². The Morgan fingerprint density at radius 2 is 1.82 bits per heavy atom. The second-order valence-electron chi connectivity index (χ2n) is 7.14. The van der Waals surface area contributed by atoms with E-state index < -0.39 is 0 Å². The maximum atomic E-state index is 12.8. The van der Waals surface area contributed by atoms with Crippen LogP contribution in [-0.4, -0.2) is 46.0 Å². The fourth-order valence-electron chi connectivity index (χ4n) is 3.53. The van der Waals surface area contributed by atoms with Crippen LogP contribution in [0.3, 0.4) is 0 Å². The molecule has 2 amide bonds. The minimum Gasteiger partial charge on any atom is -0.323 e. The first-order valence-electron chi connectivity index (χ1n) is 9.32. The van der Waals surface area contributed by atoms with E-state index in [9.17, 15) is 9.59 Å². The first-order valence-corrected chi connectivity index (χ1v) is 9.32. The lowest BCUT2D eigenvalue weighted by atomic mass is 10.0. The Morgan fingerprint density at radius 1 is 1.07 bits per heavy atom. The van der Waals surface area contributed by atoms with Gasteiger partial charge < -0.3 is 9.80 Å². The summed E-state index contributed by atoms with van der Waals surface area (Å²) in [7, 11) is 0. The van der Waals surface area contributed by atoms with E-state index >= 15 is 0 Å². The molecule has 6 heteroatoms. The van der Waals surface area contributed by atoms with Crippen molar-refractivity contribution in [1.29, 1.82) is 0 Å². The Kier molecular flexibility index (Phi) is 4.69. The molecule has 0 saturated carbocycles. The van der Waals surface area contributed by atoms with Crippen LogP contribution in [0.4, 0.5) is 5.69 Å². The smallest absolute Gasteiger partial charge is 0.275 e. The summed E-state index contributed by atoms with van der Waals surface area (Å²) in [4.78, 5) is 28.9. The number of rotatable bonds is 3. The molecule has 1 saturated heterocycles. The molecule has 1 fully saturated rings. The predicted molar refractivity (Wildman–Crippen MR) is 108 cm³/mol. The van der Waals surface area contributed by atoms with Crippen molar-refractivity contribution in [2.24, 2.45) is 0 Å². The number of nitrogens with zero attached hydrogens (tertiary/aromatic N) is 3.